The minimum Gasteiger partial charge on any atom is -0.386 e. The van der Waals surface area contributed by atoms with Crippen LogP contribution in [0.4, 0.5) is 11.6 Å². The molecule has 1 aliphatic heterocycles. The van der Waals surface area contributed by atoms with E-state index in [1.165, 1.54) is 36.8 Å². The molecule has 5 heteroatoms. The molecule has 0 spiro atoms. The summed E-state index contributed by atoms with van der Waals surface area (Å²) in [6, 6.07) is 9.00. The molecular weight excluding hydrogens is 336 g/mol. The van der Waals surface area contributed by atoms with Crippen LogP contribution in [0.5, 0.6) is 0 Å². The van der Waals surface area contributed by atoms with Crippen molar-refractivity contribution in [3.05, 3.63) is 46.8 Å². The quantitative estimate of drug-likeness (QED) is 0.858. The summed E-state index contributed by atoms with van der Waals surface area (Å²) in [5.74, 6) is 2.77. The van der Waals surface area contributed by atoms with Gasteiger partial charge in [0, 0.05) is 25.2 Å². The molecule has 1 saturated carbocycles. The molecule has 1 aromatic carbocycles. The number of hydrogen-bond donors (Lipinski definition) is 2. The standard InChI is InChI=1S/C22H30N4O/c1-15-23-20(25-19-6-4-5-7-19)13-21(24-15)26-11-10-16-12-18(22(2,3)27)9-8-17(16)14-26/h8-9,12-13,19,27H,4-7,10-11,14H2,1-3H3,(H,23,24,25). The second-order valence-electron chi connectivity index (χ2n) is 8.50. The van der Waals surface area contributed by atoms with Crippen molar-refractivity contribution in [1.82, 2.24) is 9.97 Å². The molecule has 2 heterocycles. The first kappa shape index (κ1) is 18.2. The summed E-state index contributed by atoms with van der Waals surface area (Å²) in [6.07, 6.45) is 6.06. The predicted molar refractivity (Wildman–Crippen MR) is 109 cm³/mol. The van der Waals surface area contributed by atoms with E-state index in [4.69, 9.17) is 4.98 Å². The fourth-order valence-electron chi connectivity index (χ4n) is 4.20. The van der Waals surface area contributed by atoms with Crippen LogP contribution in [-0.2, 0) is 18.6 Å². The van der Waals surface area contributed by atoms with Crippen LogP contribution in [0, 0.1) is 6.92 Å². The van der Waals surface area contributed by atoms with Crippen LogP contribution in [0.25, 0.3) is 0 Å². The molecule has 1 aromatic heterocycles. The van der Waals surface area contributed by atoms with Gasteiger partial charge in [-0.1, -0.05) is 31.0 Å². The van der Waals surface area contributed by atoms with Crippen molar-refractivity contribution < 1.29 is 5.11 Å². The number of anilines is 2. The number of aliphatic hydroxyl groups is 1. The van der Waals surface area contributed by atoms with Crippen LogP contribution in [0.1, 0.15) is 62.0 Å². The van der Waals surface area contributed by atoms with E-state index in [0.29, 0.717) is 6.04 Å². The maximum absolute atomic E-state index is 10.3. The molecule has 0 atom stereocenters. The Bertz CT molecular complexity index is 822. The molecule has 0 bridgehead atoms. The minimum absolute atomic E-state index is 0.550. The number of aromatic nitrogens is 2. The van der Waals surface area contributed by atoms with Crippen molar-refractivity contribution in [2.75, 3.05) is 16.8 Å². The molecule has 1 fully saturated rings. The van der Waals surface area contributed by atoms with Crippen LogP contribution in [-0.4, -0.2) is 27.7 Å². The van der Waals surface area contributed by atoms with E-state index in [2.05, 4.69) is 33.4 Å². The van der Waals surface area contributed by atoms with Crippen LogP contribution in [0.3, 0.4) is 0 Å². The average molecular weight is 367 g/mol. The van der Waals surface area contributed by atoms with Gasteiger partial charge in [-0.25, -0.2) is 9.97 Å². The SMILES string of the molecule is Cc1nc(NC2CCCC2)cc(N2CCc3cc(C(C)(C)O)ccc3C2)n1. The summed E-state index contributed by atoms with van der Waals surface area (Å²) in [6.45, 7) is 7.43. The molecule has 5 nitrogen and oxygen atoms in total. The monoisotopic (exact) mass is 366 g/mol. The normalized spacial score (nSPS) is 17.9. The van der Waals surface area contributed by atoms with Gasteiger partial charge in [0.1, 0.15) is 17.5 Å². The lowest BCUT2D eigenvalue weighted by atomic mass is 9.91. The van der Waals surface area contributed by atoms with Gasteiger partial charge in [0.05, 0.1) is 5.60 Å². The molecule has 0 saturated heterocycles. The smallest absolute Gasteiger partial charge is 0.134 e. The van der Waals surface area contributed by atoms with Gasteiger partial charge in [0.25, 0.3) is 0 Å². The maximum atomic E-state index is 10.3. The average Bonchev–Trinajstić information content (AvgIpc) is 3.12. The lowest BCUT2D eigenvalue weighted by molar-refractivity contribution is 0.0785. The highest BCUT2D eigenvalue weighted by Gasteiger charge is 2.23. The van der Waals surface area contributed by atoms with Gasteiger partial charge in [-0.05, 0) is 56.7 Å². The third-order valence-corrected chi connectivity index (χ3v) is 5.78. The lowest BCUT2D eigenvalue weighted by Crippen LogP contribution is -2.32. The van der Waals surface area contributed by atoms with Crippen molar-refractivity contribution in [3.63, 3.8) is 0 Å². The van der Waals surface area contributed by atoms with Crippen LogP contribution < -0.4 is 10.2 Å². The molecule has 0 amide bonds. The van der Waals surface area contributed by atoms with E-state index in [1.54, 1.807) is 0 Å². The zero-order valence-corrected chi connectivity index (χ0v) is 16.6. The Balaban J connectivity index is 1.54. The number of nitrogens with zero attached hydrogens (tertiary/aromatic N) is 3. The van der Waals surface area contributed by atoms with E-state index >= 15 is 0 Å². The van der Waals surface area contributed by atoms with Crippen molar-refractivity contribution in [2.24, 2.45) is 0 Å². The van der Waals surface area contributed by atoms with E-state index in [1.807, 2.05) is 26.8 Å². The van der Waals surface area contributed by atoms with Crippen LogP contribution in [0.15, 0.2) is 24.3 Å². The second-order valence-corrected chi connectivity index (χ2v) is 8.50. The molecule has 27 heavy (non-hydrogen) atoms. The first-order valence-electron chi connectivity index (χ1n) is 10.1. The lowest BCUT2D eigenvalue weighted by Gasteiger charge is -2.31. The Hall–Kier alpha value is -2.14. The number of benzene rings is 1. The molecule has 4 rings (SSSR count). The number of hydrogen-bond acceptors (Lipinski definition) is 5. The molecule has 0 unspecified atom stereocenters. The number of fused-ring (bicyclic) bond motifs is 1. The van der Waals surface area contributed by atoms with E-state index < -0.39 is 5.60 Å². The molecular formula is C22H30N4O. The third-order valence-electron chi connectivity index (χ3n) is 5.78. The Kier molecular flexibility index (Phi) is 4.81. The molecule has 0 radical (unpaired) electrons. The van der Waals surface area contributed by atoms with Gasteiger partial charge in [-0.3, -0.25) is 0 Å². The molecule has 2 aromatic rings. The van der Waals surface area contributed by atoms with Crippen molar-refractivity contribution in [3.8, 4) is 0 Å². The summed E-state index contributed by atoms with van der Waals surface area (Å²) in [4.78, 5) is 11.6. The fourth-order valence-corrected chi connectivity index (χ4v) is 4.20. The van der Waals surface area contributed by atoms with E-state index in [-0.39, 0.29) is 0 Å². The number of aryl methyl sites for hydroxylation is 1. The van der Waals surface area contributed by atoms with Crippen LogP contribution >= 0.6 is 0 Å². The first-order valence-corrected chi connectivity index (χ1v) is 10.1. The van der Waals surface area contributed by atoms with Crippen molar-refractivity contribution in [1.29, 1.82) is 0 Å². The number of nitrogens with one attached hydrogen (secondary N) is 1. The highest BCUT2D eigenvalue weighted by atomic mass is 16.3. The van der Waals surface area contributed by atoms with Crippen molar-refractivity contribution >= 4 is 11.6 Å². The largest absolute Gasteiger partial charge is 0.386 e. The highest BCUT2D eigenvalue weighted by molar-refractivity contribution is 5.52. The maximum Gasteiger partial charge on any atom is 0.134 e. The second kappa shape index (κ2) is 7.12. The summed E-state index contributed by atoms with van der Waals surface area (Å²) < 4.78 is 0. The number of rotatable bonds is 4. The van der Waals surface area contributed by atoms with E-state index in [9.17, 15) is 5.11 Å². The molecule has 2 N–H and O–H groups in total. The Morgan fingerprint density at radius 3 is 2.63 bits per heavy atom. The van der Waals surface area contributed by atoms with Gasteiger partial charge in [0.2, 0.25) is 0 Å². The van der Waals surface area contributed by atoms with E-state index in [0.717, 1.165) is 42.5 Å². The van der Waals surface area contributed by atoms with Gasteiger partial charge < -0.3 is 15.3 Å². The summed E-state index contributed by atoms with van der Waals surface area (Å²) in [7, 11) is 0. The van der Waals surface area contributed by atoms with Gasteiger partial charge in [-0.15, -0.1) is 0 Å². The third kappa shape index (κ3) is 4.08. The molecule has 144 valence electrons. The fraction of sp³-hybridized carbons (Fsp3) is 0.545. The van der Waals surface area contributed by atoms with Crippen LogP contribution in [0.2, 0.25) is 0 Å². The molecule has 2 aliphatic rings. The predicted octanol–water partition coefficient (Wildman–Crippen LogP) is 3.93. The zero-order valence-electron chi connectivity index (χ0n) is 16.6. The highest BCUT2D eigenvalue weighted by Crippen LogP contribution is 2.29. The van der Waals surface area contributed by atoms with Gasteiger partial charge in [-0.2, -0.15) is 0 Å². The van der Waals surface area contributed by atoms with Crippen molar-refractivity contribution in [2.45, 2.75) is 71.1 Å². The molecule has 1 aliphatic carbocycles. The Labute approximate surface area is 161 Å². The summed E-state index contributed by atoms with van der Waals surface area (Å²) in [5, 5.41) is 13.9. The summed E-state index contributed by atoms with van der Waals surface area (Å²) in [5.41, 5.74) is 2.84. The Morgan fingerprint density at radius 2 is 1.89 bits per heavy atom. The van der Waals surface area contributed by atoms with Gasteiger partial charge >= 0.3 is 0 Å². The zero-order chi connectivity index (χ0) is 19.0. The minimum atomic E-state index is -0.795. The summed E-state index contributed by atoms with van der Waals surface area (Å²) >= 11 is 0. The first-order chi connectivity index (χ1) is 12.9. The Morgan fingerprint density at radius 1 is 1.11 bits per heavy atom. The van der Waals surface area contributed by atoms with Gasteiger partial charge in [0.15, 0.2) is 0 Å². The topological polar surface area (TPSA) is 61.3 Å².